The van der Waals surface area contributed by atoms with Crippen LogP contribution < -0.4 is 10.1 Å². The maximum Gasteiger partial charge on any atom is 0.335 e. The number of benzene rings is 3. The largest absolute Gasteiger partial charge is 0.478 e. The van der Waals surface area contributed by atoms with Crippen molar-refractivity contribution in [3.63, 3.8) is 0 Å². The number of ether oxygens (including phenoxy) is 1. The molecule has 180 valence electrons. The molecule has 1 aliphatic rings. The fourth-order valence-electron chi connectivity index (χ4n) is 3.94. The number of anilines is 1. The maximum atomic E-state index is 12.7. The highest BCUT2D eigenvalue weighted by Gasteiger charge is 2.25. The van der Waals surface area contributed by atoms with E-state index in [1.54, 1.807) is 12.1 Å². The number of para-hydroxylation sites is 1. The number of carboxylic acids is 1. The van der Waals surface area contributed by atoms with Gasteiger partial charge in [0.05, 0.1) is 16.9 Å². The van der Waals surface area contributed by atoms with Crippen molar-refractivity contribution in [3.05, 3.63) is 94.5 Å². The van der Waals surface area contributed by atoms with Gasteiger partial charge in [0.15, 0.2) is 5.82 Å². The molecule has 8 heteroatoms. The molecule has 0 spiro atoms. The Morgan fingerprint density at radius 1 is 1.00 bits per heavy atom. The van der Waals surface area contributed by atoms with Crippen LogP contribution in [0.2, 0.25) is 0 Å². The van der Waals surface area contributed by atoms with Crippen LogP contribution in [0.15, 0.2) is 71.8 Å². The normalized spacial score (nSPS) is 11.7. The van der Waals surface area contributed by atoms with E-state index in [-0.39, 0.29) is 17.2 Å². The van der Waals surface area contributed by atoms with Gasteiger partial charge in [-0.2, -0.15) is 4.98 Å². The Balaban J connectivity index is 1.41. The minimum Gasteiger partial charge on any atom is -0.478 e. The van der Waals surface area contributed by atoms with Gasteiger partial charge < -0.3 is 15.2 Å². The highest BCUT2D eigenvalue weighted by molar-refractivity contribution is 8.00. The van der Waals surface area contributed by atoms with Crippen molar-refractivity contribution in [3.8, 4) is 23.0 Å². The minimum atomic E-state index is -1.01. The Labute approximate surface area is 212 Å². The number of hydrogen-bond donors (Lipinski definition) is 2. The number of aromatic carboxylic acids is 1. The van der Waals surface area contributed by atoms with Crippen LogP contribution in [0.25, 0.3) is 11.4 Å². The molecule has 2 heterocycles. The summed E-state index contributed by atoms with van der Waals surface area (Å²) in [6.45, 7) is 4.03. The Bertz CT molecular complexity index is 1470. The number of nitrogens with zero attached hydrogens (tertiary/aromatic N) is 2. The molecular weight excluding hydrogens is 474 g/mol. The maximum absolute atomic E-state index is 12.7. The summed E-state index contributed by atoms with van der Waals surface area (Å²) in [6.07, 6.45) is 0.612. The Morgan fingerprint density at radius 3 is 2.47 bits per heavy atom. The topological polar surface area (TPSA) is 101 Å². The second kappa shape index (κ2) is 9.83. The van der Waals surface area contributed by atoms with E-state index in [1.807, 2.05) is 56.3 Å². The molecule has 0 aliphatic carbocycles. The second-order valence-electron chi connectivity index (χ2n) is 8.56. The van der Waals surface area contributed by atoms with Gasteiger partial charge >= 0.3 is 5.97 Å². The summed E-state index contributed by atoms with van der Waals surface area (Å²) in [5.74, 6) is 0.753. The summed E-state index contributed by atoms with van der Waals surface area (Å²) in [5.41, 5.74) is 5.65. The first-order valence-corrected chi connectivity index (χ1v) is 12.4. The van der Waals surface area contributed by atoms with Crippen molar-refractivity contribution >= 4 is 29.3 Å². The number of hydrogen-bond acceptors (Lipinski definition) is 6. The lowest BCUT2D eigenvalue weighted by Crippen LogP contribution is -2.15. The van der Waals surface area contributed by atoms with Crippen molar-refractivity contribution in [2.24, 2.45) is 0 Å². The van der Waals surface area contributed by atoms with E-state index < -0.39 is 5.97 Å². The van der Waals surface area contributed by atoms with Crippen LogP contribution in [0.5, 0.6) is 11.6 Å². The smallest absolute Gasteiger partial charge is 0.335 e. The van der Waals surface area contributed by atoms with E-state index in [2.05, 4.69) is 5.32 Å². The predicted octanol–water partition coefficient (Wildman–Crippen LogP) is 5.89. The number of carboxylic acid groups (broad SMARTS) is 1. The molecule has 1 aliphatic heterocycles. The van der Waals surface area contributed by atoms with Crippen LogP contribution in [0.3, 0.4) is 0 Å². The van der Waals surface area contributed by atoms with Crippen LogP contribution >= 0.6 is 11.8 Å². The molecule has 0 saturated heterocycles. The number of amides is 1. The summed E-state index contributed by atoms with van der Waals surface area (Å²) in [6, 6.07) is 20.1. The lowest BCUT2D eigenvalue weighted by molar-refractivity contribution is -0.113. The molecule has 0 atom stereocenters. The number of carbonyl (C=O) groups is 2. The average Bonchev–Trinajstić information content (AvgIpc) is 2.87. The molecule has 4 aromatic rings. The van der Waals surface area contributed by atoms with Crippen molar-refractivity contribution in [2.75, 3.05) is 11.1 Å². The molecule has 3 aromatic carbocycles. The zero-order valence-electron chi connectivity index (χ0n) is 19.7. The highest BCUT2D eigenvalue weighted by atomic mass is 32.2. The van der Waals surface area contributed by atoms with Gasteiger partial charge in [0, 0.05) is 17.7 Å². The Hall–Kier alpha value is -4.17. The van der Waals surface area contributed by atoms with Gasteiger partial charge in [-0.3, -0.25) is 4.79 Å². The fourth-order valence-corrected chi connectivity index (χ4v) is 4.77. The molecule has 0 radical (unpaired) electrons. The molecule has 7 nitrogen and oxygen atoms in total. The fraction of sp³-hybridized carbons (Fsp3) is 0.143. The number of fused-ring (bicyclic) bond motifs is 2. The summed E-state index contributed by atoms with van der Waals surface area (Å²) in [7, 11) is 0. The standard InChI is InChI=1S/C28H23N3O4S/c1-16-6-8-18(9-7-16)25-30-26-22(14-20-5-3-4-17(2)24(20)35-26)27(31-25)36-15-23(32)29-21-12-10-19(11-13-21)28(33)34/h3-13H,14-15H2,1-2H3,(H,29,32)(H,33,34). The summed E-state index contributed by atoms with van der Waals surface area (Å²) in [4.78, 5) is 33.3. The van der Waals surface area contributed by atoms with Gasteiger partial charge in [-0.1, -0.05) is 59.8 Å². The lowest BCUT2D eigenvalue weighted by atomic mass is 10.0. The molecule has 0 bridgehead atoms. The van der Waals surface area contributed by atoms with Gasteiger partial charge in [-0.05, 0) is 49.2 Å². The van der Waals surface area contributed by atoms with E-state index in [0.717, 1.165) is 33.6 Å². The van der Waals surface area contributed by atoms with Gasteiger partial charge in [-0.25, -0.2) is 9.78 Å². The first-order valence-electron chi connectivity index (χ1n) is 11.4. The number of rotatable bonds is 6. The van der Waals surface area contributed by atoms with E-state index in [9.17, 15) is 9.59 Å². The third-order valence-electron chi connectivity index (χ3n) is 5.86. The second-order valence-corrected chi connectivity index (χ2v) is 9.53. The van der Waals surface area contributed by atoms with Crippen LogP contribution in [0.4, 0.5) is 5.69 Å². The van der Waals surface area contributed by atoms with Gasteiger partial charge in [-0.15, -0.1) is 0 Å². The van der Waals surface area contributed by atoms with Gasteiger partial charge in [0.2, 0.25) is 11.8 Å². The van der Waals surface area contributed by atoms with Crippen LogP contribution in [-0.2, 0) is 11.2 Å². The summed E-state index contributed by atoms with van der Waals surface area (Å²) < 4.78 is 6.25. The van der Waals surface area contributed by atoms with Crippen LogP contribution in [-0.4, -0.2) is 32.7 Å². The van der Waals surface area contributed by atoms with Crippen LogP contribution in [0.1, 0.15) is 32.6 Å². The molecule has 5 rings (SSSR count). The van der Waals surface area contributed by atoms with E-state index >= 15 is 0 Å². The molecular formula is C28H23N3O4S. The number of aryl methyl sites for hydroxylation is 2. The first-order chi connectivity index (χ1) is 17.4. The number of nitrogens with one attached hydrogen (secondary N) is 1. The molecule has 1 aromatic heterocycles. The minimum absolute atomic E-state index is 0.123. The van der Waals surface area contributed by atoms with Crippen molar-refractivity contribution in [2.45, 2.75) is 25.3 Å². The van der Waals surface area contributed by atoms with E-state index in [0.29, 0.717) is 28.8 Å². The van der Waals surface area contributed by atoms with Crippen molar-refractivity contribution in [1.82, 2.24) is 9.97 Å². The molecule has 36 heavy (non-hydrogen) atoms. The SMILES string of the molecule is Cc1ccc(-c2nc3c(c(SCC(=O)Nc4ccc(C(=O)O)cc4)n2)Cc2cccc(C)c2O3)cc1. The Kier molecular flexibility index (Phi) is 6.43. The molecule has 0 fully saturated rings. The first kappa shape index (κ1) is 23.6. The van der Waals surface area contributed by atoms with Gasteiger partial charge in [0.25, 0.3) is 0 Å². The summed E-state index contributed by atoms with van der Waals surface area (Å²) >= 11 is 1.32. The Morgan fingerprint density at radius 2 is 1.75 bits per heavy atom. The average molecular weight is 498 g/mol. The number of aromatic nitrogens is 2. The lowest BCUT2D eigenvalue weighted by Gasteiger charge is -2.23. The van der Waals surface area contributed by atoms with E-state index in [4.69, 9.17) is 19.8 Å². The van der Waals surface area contributed by atoms with Crippen molar-refractivity contribution < 1.29 is 19.4 Å². The predicted molar refractivity (Wildman–Crippen MR) is 139 cm³/mol. The monoisotopic (exact) mass is 497 g/mol. The van der Waals surface area contributed by atoms with Crippen molar-refractivity contribution in [1.29, 1.82) is 0 Å². The number of carbonyl (C=O) groups excluding carboxylic acids is 1. The quantitative estimate of drug-likeness (QED) is 0.223. The third-order valence-corrected chi connectivity index (χ3v) is 6.87. The molecule has 0 saturated carbocycles. The van der Waals surface area contributed by atoms with Crippen LogP contribution in [0, 0.1) is 13.8 Å². The molecule has 1 amide bonds. The molecule has 0 unspecified atom stereocenters. The zero-order chi connectivity index (χ0) is 25.2. The summed E-state index contributed by atoms with van der Waals surface area (Å²) in [5, 5.41) is 12.5. The molecule has 2 N–H and O–H groups in total. The third kappa shape index (κ3) is 4.94. The van der Waals surface area contributed by atoms with Gasteiger partial charge in [0.1, 0.15) is 10.8 Å². The zero-order valence-corrected chi connectivity index (χ0v) is 20.6. The number of thioether (sulfide) groups is 1. The van der Waals surface area contributed by atoms with E-state index in [1.165, 1.54) is 23.9 Å². The highest BCUT2D eigenvalue weighted by Crippen LogP contribution is 2.41.